The molecule has 4 rings (SSSR count). The summed E-state index contributed by atoms with van der Waals surface area (Å²) >= 11 is 0. The lowest BCUT2D eigenvalue weighted by Gasteiger charge is -2.22. The summed E-state index contributed by atoms with van der Waals surface area (Å²) in [5.74, 6) is -0.241. The maximum absolute atomic E-state index is 13.9. The standard InChI is InChI=1S/C23H22FN5/c1-29(10-9-26-15-27-14-25)23-13-20-19-11-17(24)7-8-21(19)28-22(20)12-18(23)16-5-3-2-4-6-16/h2-8,11-15,28H,9-10H2,1H3,(H2,25,26,27). The van der Waals surface area contributed by atoms with Crippen LogP contribution in [0.4, 0.5) is 10.1 Å². The fraction of sp³-hybridized carbons (Fsp3) is 0.130. The molecule has 0 bridgehead atoms. The molecule has 29 heavy (non-hydrogen) atoms. The van der Waals surface area contributed by atoms with E-state index < -0.39 is 0 Å². The van der Waals surface area contributed by atoms with Gasteiger partial charge in [0.15, 0.2) is 0 Å². The molecule has 0 aliphatic carbocycles. The predicted molar refractivity (Wildman–Crippen MR) is 121 cm³/mol. The zero-order valence-electron chi connectivity index (χ0n) is 16.1. The minimum atomic E-state index is -0.241. The fourth-order valence-corrected chi connectivity index (χ4v) is 3.54. The van der Waals surface area contributed by atoms with Crippen LogP contribution in [0.25, 0.3) is 32.9 Å². The molecule has 0 atom stereocenters. The molecular formula is C23H22FN5. The van der Waals surface area contributed by atoms with Crippen LogP contribution in [-0.2, 0) is 0 Å². The zero-order chi connectivity index (χ0) is 20.2. The van der Waals surface area contributed by atoms with E-state index in [1.54, 1.807) is 12.1 Å². The summed E-state index contributed by atoms with van der Waals surface area (Å²) in [5, 5.41) is 1.88. The topological polar surface area (TPSA) is 69.8 Å². The third kappa shape index (κ3) is 3.82. The Balaban J connectivity index is 1.82. The second-order valence-electron chi connectivity index (χ2n) is 6.84. The number of anilines is 1. The van der Waals surface area contributed by atoms with Crippen molar-refractivity contribution in [3.05, 3.63) is 66.5 Å². The number of benzene rings is 3. The van der Waals surface area contributed by atoms with Crippen LogP contribution in [-0.4, -0.2) is 37.8 Å². The Morgan fingerprint density at radius 2 is 1.83 bits per heavy atom. The van der Waals surface area contributed by atoms with Crippen LogP contribution in [0.5, 0.6) is 0 Å². The highest BCUT2D eigenvalue weighted by atomic mass is 19.1. The van der Waals surface area contributed by atoms with Crippen molar-refractivity contribution < 1.29 is 4.39 Å². The summed E-state index contributed by atoms with van der Waals surface area (Å²) in [6.45, 7) is 1.29. The molecule has 0 fully saturated rings. The van der Waals surface area contributed by atoms with Crippen molar-refractivity contribution in [2.75, 3.05) is 25.0 Å². The van der Waals surface area contributed by atoms with Crippen molar-refractivity contribution in [3.63, 3.8) is 0 Å². The quantitative estimate of drug-likeness (QED) is 0.376. The molecule has 0 radical (unpaired) electrons. The molecule has 0 spiro atoms. The Bertz CT molecular complexity index is 1190. The lowest BCUT2D eigenvalue weighted by atomic mass is 10.00. The van der Waals surface area contributed by atoms with Gasteiger partial charge in [0.05, 0.1) is 12.9 Å². The summed E-state index contributed by atoms with van der Waals surface area (Å²) in [5.41, 5.74) is 10.4. The molecule has 1 aromatic heterocycles. The zero-order valence-corrected chi connectivity index (χ0v) is 16.1. The van der Waals surface area contributed by atoms with Crippen LogP contribution in [0, 0.1) is 5.82 Å². The summed E-state index contributed by atoms with van der Waals surface area (Å²) < 4.78 is 13.9. The molecule has 0 amide bonds. The van der Waals surface area contributed by atoms with Crippen LogP contribution in [0.2, 0.25) is 0 Å². The molecule has 5 nitrogen and oxygen atoms in total. The SMILES string of the molecule is CN(CCN=CN=CN)c1cc2c(cc1-c1ccccc1)[nH]c1ccc(F)cc12. The van der Waals surface area contributed by atoms with E-state index in [1.165, 1.54) is 18.7 Å². The maximum Gasteiger partial charge on any atom is 0.123 e. The Kier molecular flexibility index (Phi) is 5.24. The van der Waals surface area contributed by atoms with Gasteiger partial charge in [0.25, 0.3) is 0 Å². The van der Waals surface area contributed by atoms with Crippen LogP contribution >= 0.6 is 0 Å². The Morgan fingerprint density at radius 3 is 2.62 bits per heavy atom. The predicted octanol–water partition coefficient (Wildman–Crippen LogP) is 4.58. The molecule has 0 unspecified atom stereocenters. The van der Waals surface area contributed by atoms with E-state index in [9.17, 15) is 4.39 Å². The van der Waals surface area contributed by atoms with E-state index in [2.05, 4.69) is 44.1 Å². The van der Waals surface area contributed by atoms with Gasteiger partial charge in [0.1, 0.15) is 12.2 Å². The molecule has 6 heteroatoms. The normalized spacial score (nSPS) is 11.9. The third-order valence-electron chi connectivity index (χ3n) is 4.97. The molecule has 0 aliphatic heterocycles. The number of nitrogens with zero attached hydrogens (tertiary/aromatic N) is 3. The number of fused-ring (bicyclic) bond motifs is 3. The first-order chi connectivity index (χ1) is 14.2. The molecule has 0 saturated carbocycles. The molecule has 3 N–H and O–H groups in total. The van der Waals surface area contributed by atoms with Gasteiger partial charge in [0.2, 0.25) is 0 Å². The van der Waals surface area contributed by atoms with Crippen molar-refractivity contribution in [3.8, 4) is 11.1 Å². The van der Waals surface area contributed by atoms with E-state index in [0.717, 1.165) is 38.6 Å². The number of aromatic amines is 1. The van der Waals surface area contributed by atoms with Crippen LogP contribution in [0.15, 0.2) is 70.6 Å². The van der Waals surface area contributed by atoms with Crippen molar-refractivity contribution >= 4 is 40.2 Å². The van der Waals surface area contributed by atoms with Crippen molar-refractivity contribution in [2.24, 2.45) is 15.7 Å². The Hall–Kier alpha value is -3.67. The minimum absolute atomic E-state index is 0.241. The minimum Gasteiger partial charge on any atom is -0.390 e. The smallest absolute Gasteiger partial charge is 0.123 e. The van der Waals surface area contributed by atoms with Gasteiger partial charge in [-0.25, -0.2) is 9.38 Å². The summed E-state index contributed by atoms with van der Waals surface area (Å²) in [6, 6.07) is 19.3. The second-order valence-corrected chi connectivity index (χ2v) is 6.84. The number of H-pyrrole nitrogens is 1. The largest absolute Gasteiger partial charge is 0.390 e. The number of likely N-dealkylation sites (N-methyl/N-ethyl adjacent to an activating group) is 1. The van der Waals surface area contributed by atoms with Crippen molar-refractivity contribution in [1.29, 1.82) is 0 Å². The molecule has 0 aliphatic rings. The maximum atomic E-state index is 13.9. The van der Waals surface area contributed by atoms with Crippen molar-refractivity contribution in [2.45, 2.75) is 0 Å². The first-order valence-electron chi connectivity index (χ1n) is 9.40. The average molecular weight is 387 g/mol. The monoisotopic (exact) mass is 387 g/mol. The fourth-order valence-electron chi connectivity index (χ4n) is 3.54. The summed E-state index contributed by atoms with van der Waals surface area (Å²) in [4.78, 5) is 13.6. The molecule has 146 valence electrons. The number of rotatable bonds is 6. The van der Waals surface area contributed by atoms with Gasteiger partial charge in [-0.3, -0.25) is 4.99 Å². The molecule has 0 saturated heterocycles. The van der Waals surface area contributed by atoms with Gasteiger partial charge in [-0.05, 0) is 35.9 Å². The summed E-state index contributed by atoms with van der Waals surface area (Å²) in [7, 11) is 2.03. The second kappa shape index (κ2) is 8.14. The number of aliphatic imine (C=N–C) groups is 2. The number of nitrogens with one attached hydrogen (secondary N) is 1. The van der Waals surface area contributed by atoms with Gasteiger partial charge < -0.3 is 15.6 Å². The highest BCUT2D eigenvalue weighted by molar-refractivity contribution is 6.10. The molecule has 4 aromatic rings. The number of halogens is 1. The van der Waals surface area contributed by atoms with Gasteiger partial charge in [0, 0.05) is 46.6 Å². The number of nitrogens with two attached hydrogens (primary N) is 1. The van der Waals surface area contributed by atoms with Gasteiger partial charge in [-0.2, -0.15) is 0 Å². The number of hydrogen-bond donors (Lipinski definition) is 2. The van der Waals surface area contributed by atoms with E-state index >= 15 is 0 Å². The van der Waals surface area contributed by atoms with E-state index in [-0.39, 0.29) is 5.82 Å². The summed E-state index contributed by atoms with van der Waals surface area (Å²) in [6.07, 6.45) is 2.67. The lowest BCUT2D eigenvalue weighted by Crippen LogP contribution is -2.21. The van der Waals surface area contributed by atoms with Crippen LogP contribution < -0.4 is 10.6 Å². The van der Waals surface area contributed by atoms with Crippen LogP contribution in [0.1, 0.15) is 0 Å². The first kappa shape index (κ1) is 18.7. The lowest BCUT2D eigenvalue weighted by molar-refractivity contribution is 0.630. The van der Waals surface area contributed by atoms with E-state index in [4.69, 9.17) is 5.73 Å². The van der Waals surface area contributed by atoms with E-state index in [1.807, 2.05) is 25.2 Å². The molecule has 3 aromatic carbocycles. The highest BCUT2D eigenvalue weighted by Gasteiger charge is 2.14. The van der Waals surface area contributed by atoms with Crippen molar-refractivity contribution in [1.82, 2.24) is 4.98 Å². The molecular weight excluding hydrogens is 365 g/mol. The van der Waals surface area contributed by atoms with Gasteiger partial charge in [-0.15, -0.1) is 0 Å². The first-order valence-corrected chi connectivity index (χ1v) is 9.40. The average Bonchev–Trinajstić information content (AvgIpc) is 3.10. The van der Waals surface area contributed by atoms with E-state index in [0.29, 0.717) is 13.1 Å². The molecule has 1 heterocycles. The Labute approximate surface area is 168 Å². The third-order valence-corrected chi connectivity index (χ3v) is 4.97. The van der Waals surface area contributed by atoms with Gasteiger partial charge in [-0.1, -0.05) is 30.3 Å². The van der Waals surface area contributed by atoms with Crippen LogP contribution in [0.3, 0.4) is 0 Å². The number of hydrogen-bond acceptors (Lipinski definition) is 2. The Morgan fingerprint density at radius 1 is 1.03 bits per heavy atom. The van der Waals surface area contributed by atoms with Gasteiger partial charge >= 0.3 is 0 Å². The highest BCUT2D eigenvalue weighted by Crippen LogP contribution is 2.37. The number of aromatic nitrogens is 1.